The van der Waals surface area contributed by atoms with Gasteiger partial charge in [0.15, 0.2) is 0 Å². The molecule has 0 radical (unpaired) electrons. The molecule has 0 saturated carbocycles. The van der Waals surface area contributed by atoms with Crippen LogP contribution < -0.4 is 6.15 Å². The zero-order valence-corrected chi connectivity index (χ0v) is 7.15. The number of aliphatic hydroxyl groups is 1. The second-order valence-corrected chi connectivity index (χ2v) is 1.06. The van der Waals surface area contributed by atoms with Crippen LogP contribution in [-0.4, -0.2) is 11.1 Å². The molecule has 1 rings (SSSR count). The van der Waals surface area contributed by atoms with E-state index in [0.29, 0.717) is 0 Å². The number of hydrogen-bond acceptors (Lipinski definition) is 4. The minimum atomic E-state index is -1.25. The molecule has 1 aliphatic rings. The molecule has 0 atom stereocenters. The third-order valence-corrected chi connectivity index (χ3v) is 0.325. The van der Waals surface area contributed by atoms with Crippen LogP contribution >= 0.6 is 0 Å². The van der Waals surface area contributed by atoms with E-state index >= 15 is 0 Å². The summed E-state index contributed by atoms with van der Waals surface area (Å²) in [7, 11) is 0. The van der Waals surface area contributed by atoms with Crippen molar-refractivity contribution in [1.29, 1.82) is 0 Å². The molecule has 1 aliphatic heterocycles. The maximum atomic E-state index is 8.19. The van der Waals surface area contributed by atoms with E-state index in [-0.39, 0.29) is 25.6 Å². The van der Waals surface area contributed by atoms with E-state index in [0.717, 1.165) is 0 Å². The topological polar surface area (TPSA) is 80.3 Å². The van der Waals surface area contributed by atoms with Crippen molar-refractivity contribution in [2.75, 3.05) is 0 Å². The second-order valence-electron chi connectivity index (χ2n) is 1.06. The molecule has 5 heteroatoms. The van der Waals surface area contributed by atoms with Gasteiger partial charge in [-0.3, -0.25) is 0 Å². The SMILES string of the molecule is CC1(O)OO1.N.[Zn]. The van der Waals surface area contributed by atoms with Crippen LogP contribution in [0.1, 0.15) is 6.92 Å². The molecule has 0 amide bonds. The van der Waals surface area contributed by atoms with Gasteiger partial charge in [0.25, 0.3) is 0 Å². The molecule has 0 aromatic carbocycles. The van der Waals surface area contributed by atoms with Crippen molar-refractivity contribution >= 4 is 0 Å². The first-order valence-electron chi connectivity index (χ1n) is 1.30. The van der Waals surface area contributed by atoms with Gasteiger partial charge in [0.2, 0.25) is 0 Å². The van der Waals surface area contributed by atoms with Gasteiger partial charge in [-0.05, 0) is 0 Å². The molecule has 0 unspecified atom stereocenters. The third-order valence-electron chi connectivity index (χ3n) is 0.325. The summed E-state index contributed by atoms with van der Waals surface area (Å²) < 4.78 is 0. The molecule has 0 aromatic heterocycles. The maximum absolute atomic E-state index is 8.19. The largest absolute Gasteiger partial charge is 0.344 e. The van der Waals surface area contributed by atoms with Gasteiger partial charge < -0.3 is 11.3 Å². The van der Waals surface area contributed by atoms with Crippen LogP contribution in [0, 0.1) is 0 Å². The summed E-state index contributed by atoms with van der Waals surface area (Å²) in [6.45, 7) is 1.41. The number of rotatable bonds is 0. The number of hydrogen-bond donors (Lipinski definition) is 2. The maximum Gasteiger partial charge on any atom is 0.334 e. The van der Waals surface area contributed by atoms with Gasteiger partial charge in [-0.15, -0.1) is 0 Å². The van der Waals surface area contributed by atoms with Gasteiger partial charge >= 0.3 is 5.97 Å². The molecular weight excluding hydrogens is 151 g/mol. The molecule has 4 N–H and O–H groups in total. The Morgan fingerprint density at radius 1 is 1.43 bits per heavy atom. The van der Waals surface area contributed by atoms with E-state index in [9.17, 15) is 0 Å². The average molecular weight is 158 g/mol. The fourth-order valence-corrected chi connectivity index (χ4v) is 0.0603. The van der Waals surface area contributed by atoms with Gasteiger partial charge in [-0.25, -0.2) is 0 Å². The Kier molecular flexibility index (Phi) is 4.02. The van der Waals surface area contributed by atoms with Crippen molar-refractivity contribution in [1.82, 2.24) is 6.15 Å². The molecule has 7 heavy (non-hydrogen) atoms. The molecule has 0 aromatic rings. The molecule has 0 aliphatic carbocycles. The van der Waals surface area contributed by atoms with E-state index in [4.69, 9.17) is 5.11 Å². The van der Waals surface area contributed by atoms with E-state index < -0.39 is 5.97 Å². The summed E-state index contributed by atoms with van der Waals surface area (Å²) >= 11 is 0. The Morgan fingerprint density at radius 2 is 1.57 bits per heavy atom. The Bertz CT molecular complexity index is 50.9. The van der Waals surface area contributed by atoms with Gasteiger partial charge in [-0.1, -0.05) is 0 Å². The third kappa shape index (κ3) is 4.31. The van der Waals surface area contributed by atoms with Crippen LogP contribution in [0.2, 0.25) is 0 Å². The summed E-state index contributed by atoms with van der Waals surface area (Å²) in [5.41, 5.74) is 0. The molecule has 0 bridgehead atoms. The van der Waals surface area contributed by atoms with Crippen molar-refractivity contribution < 1.29 is 34.4 Å². The fourth-order valence-electron chi connectivity index (χ4n) is 0.0603. The van der Waals surface area contributed by atoms with Crippen molar-refractivity contribution in [3.63, 3.8) is 0 Å². The minimum absolute atomic E-state index is 0. The molecule has 1 saturated heterocycles. The minimum Gasteiger partial charge on any atom is -0.344 e. The molecule has 0 spiro atoms. The van der Waals surface area contributed by atoms with Gasteiger partial charge in [0.1, 0.15) is 0 Å². The molecule has 1 fully saturated rings. The first-order valence-corrected chi connectivity index (χ1v) is 1.30. The van der Waals surface area contributed by atoms with E-state index in [1.165, 1.54) is 6.92 Å². The Balaban J connectivity index is 0. The quantitative estimate of drug-likeness (QED) is 0.290. The van der Waals surface area contributed by atoms with Crippen LogP contribution in [0.4, 0.5) is 0 Å². The van der Waals surface area contributed by atoms with E-state index in [1.807, 2.05) is 0 Å². The summed E-state index contributed by atoms with van der Waals surface area (Å²) in [5.74, 6) is -1.25. The Labute approximate surface area is 54.1 Å². The predicted molar refractivity (Wildman–Crippen MR) is 17.8 cm³/mol. The van der Waals surface area contributed by atoms with E-state index in [2.05, 4.69) is 9.78 Å². The van der Waals surface area contributed by atoms with Crippen molar-refractivity contribution in [3.8, 4) is 0 Å². The predicted octanol–water partition coefficient (Wildman–Crippen LogP) is -0.226. The molecule has 1 heterocycles. The van der Waals surface area contributed by atoms with Crippen LogP contribution in [0.3, 0.4) is 0 Å². The molecular formula is C2H7NO3Zn. The molecule has 4 nitrogen and oxygen atoms in total. The van der Waals surface area contributed by atoms with E-state index in [1.54, 1.807) is 0 Å². The van der Waals surface area contributed by atoms with Crippen LogP contribution in [0.25, 0.3) is 0 Å². The zero-order chi connectivity index (χ0) is 3.91. The van der Waals surface area contributed by atoms with Crippen LogP contribution in [-0.2, 0) is 29.3 Å². The van der Waals surface area contributed by atoms with Crippen molar-refractivity contribution in [2.24, 2.45) is 0 Å². The summed E-state index contributed by atoms with van der Waals surface area (Å²) in [5, 5.41) is 8.19. The fraction of sp³-hybridized carbons (Fsp3) is 1.00. The summed E-state index contributed by atoms with van der Waals surface area (Å²) in [4.78, 5) is 7.90. The summed E-state index contributed by atoms with van der Waals surface area (Å²) in [6.07, 6.45) is 0. The van der Waals surface area contributed by atoms with Crippen molar-refractivity contribution in [3.05, 3.63) is 0 Å². The standard InChI is InChI=1S/C2H4O3.H3N.Zn/c1-2(3)4-5-2;;/h3H,1H3;1H3;. The van der Waals surface area contributed by atoms with Crippen molar-refractivity contribution in [2.45, 2.75) is 12.9 Å². The monoisotopic (exact) mass is 157 g/mol. The first kappa shape index (κ1) is 10.4. The Hall–Kier alpha value is 0.463. The smallest absolute Gasteiger partial charge is 0.334 e. The normalized spacial score (nSPS) is 21.4. The average Bonchev–Trinajstić information content (AvgIpc) is 1.76. The first-order chi connectivity index (χ1) is 2.21. The Morgan fingerprint density at radius 3 is 1.57 bits per heavy atom. The zero-order valence-electron chi connectivity index (χ0n) is 4.18. The van der Waals surface area contributed by atoms with Gasteiger partial charge in [0, 0.05) is 26.4 Å². The molecule has 40 valence electrons. The van der Waals surface area contributed by atoms with Gasteiger partial charge in [0.05, 0.1) is 0 Å². The van der Waals surface area contributed by atoms with Crippen LogP contribution in [0.5, 0.6) is 0 Å². The summed E-state index contributed by atoms with van der Waals surface area (Å²) in [6, 6.07) is 0. The second kappa shape index (κ2) is 2.69. The van der Waals surface area contributed by atoms with Crippen LogP contribution in [0.15, 0.2) is 0 Å². The van der Waals surface area contributed by atoms with Gasteiger partial charge in [-0.2, -0.15) is 9.78 Å².